The molecule has 16 nitrogen and oxygen atoms in total. The molecule has 0 N–H and O–H groups in total. The van der Waals surface area contributed by atoms with E-state index in [2.05, 4.69) is 16.6 Å². The molecule has 0 radical (unpaired) electrons. The number of hydrogen-bond acceptors (Lipinski definition) is 15. The Hall–Kier alpha value is -3.37. The molecule has 42 heavy (non-hydrogen) atoms. The molecule has 2 aliphatic rings. The van der Waals surface area contributed by atoms with Crippen molar-refractivity contribution in [1.29, 1.82) is 0 Å². The van der Waals surface area contributed by atoms with Gasteiger partial charge in [0.1, 0.15) is 30.3 Å². The molecule has 2 rings (SSSR count). The van der Waals surface area contributed by atoms with Crippen LogP contribution in [0.4, 0.5) is 0 Å². The fourth-order valence-corrected chi connectivity index (χ4v) is 6.04. The van der Waals surface area contributed by atoms with Gasteiger partial charge in [-0.1, -0.05) is 11.2 Å². The van der Waals surface area contributed by atoms with E-state index >= 15 is 0 Å². The van der Waals surface area contributed by atoms with E-state index in [0.29, 0.717) is 0 Å². The average Bonchev–Trinajstić information content (AvgIpc) is 2.87. The molecule has 2 heterocycles. The van der Waals surface area contributed by atoms with Gasteiger partial charge in [0.05, 0.1) is 18.0 Å². The first-order valence-electron chi connectivity index (χ1n) is 12.8. The van der Waals surface area contributed by atoms with Crippen LogP contribution in [-0.2, 0) is 61.9 Å². The van der Waals surface area contributed by atoms with Gasteiger partial charge in [0.15, 0.2) is 24.6 Å². The maximum Gasteiger partial charge on any atom is 0.303 e. The minimum Gasteiger partial charge on any atom is -0.463 e. The van der Waals surface area contributed by atoms with Gasteiger partial charge in [0.25, 0.3) is 0 Å². The molecule has 0 unspecified atom stereocenters. The van der Waals surface area contributed by atoms with Gasteiger partial charge in [-0.15, -0.1) is 18.3 Å². The number of rotatable bonds is 12. The highest BCUT2D eigenvalue weighted by Gasteiger charge is 2.55. The summed E-state index contributed by atoms with van der Waals surface area (Å²) in [6, 6.07) is -1.23. The summed E-state index contributed by atoms with van der Waals surface area (Å²) >= 11 is 0.929. The van der Waals surface area contributed by atoms with E-state index in [-0.39, 0.29) is 13.2 Å². The monoisotopic (exact) mass is 617 g/mol. The molecule has 0 bridgehead atoms. The second-order valence-electron chi connectivity index (χ2n) is 9.27. The summed E-state index contributed by atoms with van der Waals surface area (Å²) in [6.45, 7) is 10.5. The van der Waals surface area contributed by atoms with Crippen LogP contribution in [0.15, 0.2) is 17.8 Å². The van der Waals surface area contributed by atoms with E-state index in [4.69, 9.17) is 37.9 Å². The maximum absolute atomic E-state index is 12.2. The van der Waals surface area contributed by atoms with Crippen LogP contribution in [0.3, 0.4) is 0 Å². The topological polar surface area (TPSA) is 208 Å². The van der Waals surface area contributed by atoms with E-state index in [1.807, 2.05) is 0 Å². The molecule has 0 saturated carbocycles. The minimum atomic E-state index is -1.34. The number of esters is 5. The summed E-state index contributed by atoms with van der Waals surface area (Å²) in [5.41, 5.74) is 8.15. The number of thioether (sulfide) groups is 1. The van der Waals surface area contributed by atoms with Crippen molar-refractivity contribution in [2.45, 2.75) is 101 Å². The Morgan fingerprint density at radius 3 is 1.93 bits per heavy atom. The van der Waals surface area contributed by atoms with Crippen molar-refractivity contribution in [2.75, 3.05) is 13.2 Å². The lowest BCUT2D eigenvalue weighted by Crippen LogP contribution is -2.62. The number of nitrogens with zero attached hydrogens (tertiary/aromatic N) is 3. The molecule has 2 aliphatic heterocycles. The molecule has 234 valence electrons. The highest BCUT2D eigenvalue weighted by atomic mass is 32.2. The molecule has 0 amide bonds. The van der Waals surface area contributed by atoms with Gasteiger partial charge in [-0.3, -0.25) is 24.0 Å². The Morgan fingerprint density at radius 2 is 1.40 bits per heavy atom. The van der Waals surface area contributed by atoms with Crippen molar-refractivity contribution in [1.82, 2.24) is 0 Å². The Labute approximate surface area is 246 Å². The van der Waals surface area contributed by atoms with Gasteiger partial charge in [0.2, 0.25) is 0 Å². The lowest BCUT2D eigenvalue weighted by Gasteiger charge is -2.48. The van der Waals surface area contributed by atoms with Crippen LogP contribution >= 0.6 is 11.8 Å². The largest absolute Gasteiger partial charge is 0.463 e. The van der Waals surface area contributed by atoms with Crippen molar-refractivity contribution in [3.63, 3.8) is 0 Å². The SMILES string of the molecule is C=CCO[C@@H]1O[C@H](COC(C)=O)[C@@H](S[C@@H]2O[C@@H](C)[C@@H](OC(C)=O)[C@@H](OC(C)=O)[C@@H]2OC(C)=O)[C@H](OC(C)=O)[C@H]1N=[N+]=[N-]. The molecule has 2 fully saturated rings. The highest BCUT2D eigenvalue weighted by molar-refractivity contribution is 8.00. The van der Waals surface area contributed by atoms with E-state index in [1.54, 1.807) is 6.92 Å². The van der Waals surface area contributed by atoms with E-state index in [9.17, 15) is 29.5 Å². The Morgan fingerprint density at radius 1 is 0.857 bits per heavy atom. The standard InChI is InChI=1S/C25H35N3O13S/c1-8-9-34-24-18(27-28-26)20(38-14(5)31)23(17(41-24)10-35-12(3)29)42-25-22(40-16(7)33)21(39-15(6)32)19(11(2)36-25)37-13(4)30/h8,11,17-25H,1,9-10H2,2-7H3/t11-,17+,18+,19+,20+,21+,22-,23+,24+,25-/m0/s1. The number of azide groups is 1. The lowest BCUT2D eigenvalue weighted by molar-refractivity contribution is -0.234. The smallest absolute Gasteiger partial charge is 0.303 e. The molecular weight excluding hydrogens is 582 g/mol. The predicted octanol–water partition coefficient (Wildman–Crippen LogP) is 1.73. The Bertz CT molecular complexity index is 1070. The second-order valence-corrected chi connectivity index (χ2v) is 10.6. The zero-order valence-electron chi connectivity index (χ0n) is 24.0. The first-order valence-corrected chi connectivity index (χ1v) is 13.8. The second kappa shape index (κ2) is 16.3. The summed E-state index contributed by atoms with van der Waals surface area (Å²) < 4.78 is 44.9. The van der Waals surface area contributed by atoms with Crippen LogP contribution in [-0.4, -0.2) is 103 Å². The average molecular weight is 618 g/mol. The van der Waals surface area contributed by atoms with Crippen molar-refractivity contribution in [3.8, 4) is 0 Å². The predicted molar refractivity (Wildman–Crippen MR) is 142 cm³/mol. The summed E-state index contributed by atoms with van der Waals surface area (Å²) in [6.07, 6.45) is -6.76. The van der Waals surface area contributed by atoms with E-state index in [0.717, 1.165) is 39.5 Å². The van der Waals surface area contributed by atoms with Gasteiger partial charge >= 0.3 is 29.8 Å². The first-order chi connectivity index (χ1) is 19.8. The molecule has 0 aromatic heterocycles. The third kappa shape index (κ3) is 9.87. The van der Waals surface area contributed by atoms with Gasteiger partial charge in [-0.2, -0.15) is 0 Å². The van der Waals surface area contributed by atoms with Crippen molar-refractivity contribution in [3.05, 3.63) is 23.1 Å². The van der Waals surface area contributed by atoms with Crippen LogP contribution < -0.4 is 0 Å². The fourth-order valence-electron chi connectivity index (χ4n) is 4.43. The number of carbonyl (C=O) groups excluding carboxylic acids is 5. The number of carbonyl (C=O) groups is 5. The van der Waals surface area contributed by atoms with Gasteiger partial charge in [-0.25, -0.2) is 0 Å². The zero-order chi connectivity index (χ0) is 31.6. The van der Waals surface area contributed by atoms with Crippen molar-refractivity contribution >= 4 is 41.6 Å². The van der Waals surface area contributed by atoms with E-state index in [1.165, 1.54) is 13.0 Å². The maximum atomic E-state index is 12.2. The molecule has 17 heteroatoms. The molecule has 0 spiro atoms. The molecule has 0 aromatic carbocycles. The Balaban J connectivity index is 2.61. The Kier molecular flexibility index (Phi) is 13.5. The minimum absolute atomic E-state index is 0.0214. The third-order valence-corrected chi connectivity index (χ3v) is 7.39. The quantitative estimate of drug-likeness (QED) is 0.0763. The molecule has 0 aliphatic carbocycles. The van der Waals surface area contributed by atoms with Crippen LogP contribution in [0.1, 0.15) is 41.5 Å². The summed E-state index contributed by atoms with van der Waals surface area (Å²) in [7, 11) is 0. The zero-order valence-corrected chi connectivity index (χ0v) is 24.8. The normalized spacial score (nSPS) is 32.3. The summed E-state index contributed by atoms with van der Waals surface area (Å²) in [4.78, 5) is 62.8. The van der Waals surface area contributed by atoms with Gasteiger partial charge < -0.3 is 37.9 Å². The summed E-state index contributed by atoms with van der Waals surface area (Å²) in [5, 5.41) is 2.76. The van der Waals surface area contributed by atoms with Crippen LogP contribution in [0.2, 0.25) is 0 Å². The fraction of sp³-hybridized carbons (Fsp3) is 0.720. The van der Waals surface area contributed by atoms with Gasteiger partial charge in [0, 0.05) is 39.5 Å². The van der Waals surface area contributed by atoms with Crippen LogP contribution in [0.25, 0.3) is 10.4 Å². The molecule has 0 aromatic rings. The molecule has 10 atom stereocenters. The van der Waals surface area contributed by atoms with Gasteiger partial charge in [-0.05, 0) is 12.5 Å². The highest BCUT2D eigenvalue weighted by Crippen LogP contribution is 2.42. The van der Waals surface area contributed by atoms with E-state index < -0.39 is 89.5 Å². The summed E-state index contributed by atoms with van der Waals surface area (Å²) in [5.74, 6) is -3.57. The third-order valence-electron chi connectivity index (χ3n) is 5.86. The van der Waals surface area contributed by atoms with Crippen molar-refractivity contribution < 1.29 is 61.9 Å². The lowest BCUT2D eigenvalue weighted by atomic mass is 9.99. The van der Waals surface area contributed by atoms with Crippen LogP contribution in [0.5, 0.6) is 0 Å². The molecule has 2 saturated heterocycles. The van der Waals surface area contributed by atoms with Crippen molar-refractivity contribution in [2.24, 2.45) is 5.11 Å². The number of ether oxygens (including phenoxy) is 8. The first kappa shape index (κ1) is 34.8. The molecular formula is C25H35N3O13S. The number of hydrogen-bond donors (Lipinski definition) is 0. The van der Waals surface area contributed by atoms with Crippen LogP contribution in [0, 0.1) is 0 Å².